The molecule has 0 saturated heterocycles. The van der Waals surface area contributed by atoms with Gasteiger partial charge >= 0.3 is 0 Å². The summed E-state index contributed by atoms with van der Waals surface area (Å²) in [7, 11) is 3.94. The maximum absolute atomic E-state index is 4.18. The summed E-state index contributed by atoms with van der Waals surface area (Å²) in [6, 6.07) is 9.23. The van der Waals surface area contributed by atoms with E-state index in [0.717, 1.165) is 12.2 Å². The van der Waals surface area contributed by atoms with Gasteiger partial charge in [0.05, 0.1) is 6.20 Å². The highest BCUT2D eigenvalue weighted by molar-refractivity contribution is 7.99. The van der Waals surface area contributed by atoms with Gasteiger partial charge in [0, 0.05) is 29.9 Å². The Morgan fingerprint density at radius 1 is 1.32 bits per heavy atom. The molecule has 0 amide bonds. The molecule has 0 spiro atoms. The molecule has 1 aromatic heterocycles. The van der Waals surface area contributed by atoms with E-state index in [2.05, 4.69) is 47.8 Å². The zero-order chi connectivity index (χ0) is 13.7. The molecule has 4 heteroatoms. The van der Waals surface area contributed by atoms with Crippen molar-refractivity contribution in [1.29, 1.82) is 0 Å². The zero-order valence-corrected chi connectivity index (χ0v) is 12.6. The fraction of sp³-hybridized carbons (Fsp3) is 0.400. The van der Waals surface area contributed by atoms with E-state index in [1.54, 1.807) is 0 Å². The van der Waals surface area contributed by atoms with Crippen LogP contribution >= 0.6 is 11.8 Å². The van der Waals surface area contributed by atoms with Gasteiger partial charge < -0.3 is 5.32 Å². The van der Waals surface area contributed by atoms with Crippen LogP contribution in [0.3, 0.4) is 0 Å². The lowest BCUT2D eigenvalue weighted by atomic mass is 10.1. The summed E-state index contributed by atoms with van der Waals surface area (Å²) >= 11 is 1.90. The number of hydrogen-bond acceptors (Lipinski definition) is 3. The molecular weight excluding hydrogens is 254 g/mol. The fourth-order valence-electron chi connectivity index (χ4n) is 1.91. The van der Waals surface area contributed by atoms with Crippen LogP contribution in [0.4, 0.5) is 0 Å². The summed E-state index contributed by atoms with van der Waals surface area (Å²) in [6.45, 7) is 2.17. The van der Waals surface area contributed by atoms with Crippen molar-refractivity contribution in [2.75, 3.05) is 12.8 Å². The molecule has 102 valence electrons. The molecule has 1 unspecified atom stereocenters. The van der Waals surface area contributed by atoms with Gasteiger partial charge in [-0.05, 0) is 43.7 Å². The molecule has 19 heavy (non-hydrogen) atoms. The van der Waals surface area contributed by atoms with Crippen LogP contribution in [0.15, 0.2) is 41.6 Å². The van der Waals surface area contributed by atoms with E-state index in [1.807, 2.05) is 36.7 Å². The van der Waals surface area contributed by atoms with Crippen molar-refractivity contribution >= 4 is 11.8 Å². The molecule has 0 aliphatic rings. The molecule has 1 N–H and O–H groups in total. The van der Waals surface area contributed by atoms with Gasteiger partial charge in [0.15, 0.2) is 0 Å². The van der Waals surface area contributed by atoms with Crippen LogP contribution in [0.2, 0.25) is 0 Å². The van der Waals surface area contributed by atoms with Gasteiger partial charge in [0.1, 0.15) is 0 Å². The Bertz CT molecular complexity index is 504. The predicted molar refractivity (Wildman–Crippen MR) is 81.6 cm³/mol. The number of thioether (sulfide) groups is 1. The molecular formula is C15H21N3S. The standard InChI is InChI=1S/C15H21N3S/c1-12(16-2)14-4-6-15(7-5-14)19-9-8-13-10-17-18(3)11-13/h4-7,10-12,16H,8-9H2,1-3H3. The lowest BCUT2D eigenvalue weighted by Crippen LogP contribution is -2.11. The van der Waals surface area contributed by atoms with Crippen LogP contribution in [0.25, 0.3) is 0 Å². The van der Waals surface area contributed by atoms with Crippen molar-refractivity contribution in [2.45, 2.75) is 24.3 Å². The van der Waals surface area contributed by atoms with E-state index in [0.29, 0.717) is 6.04 Å². The number of aryl methyl sites for hydroxylation is 2. The van der Waals surface area contributed by atoms with Gasteiger partial charge in [-0.25, -0.2) is 0 Å². The molecule has 0 radical (unpaired) electrons. The first-order valence-electron chi connectivity index (χ1n) is 6.56. The van der Waals surface area contributed by atoms with Crippen molar-refractivity contribution in [1.82, 2.24) is 15.1 Å². The topological polar surface area (TPSA) is 29.9 Å². The van der Waals surface area contributed by atoms with Crippen LogP contribution in [0.1, 0.15) is 24.1 Å². The number of aromatic nitrogens is 2. The summed E-state index contributed by atoms with van der Waals surface area (Å²) < 4.78 is 1.86. The highest BCUT2D eigenvalue weighted by Gasteiger charge is 2.02. The Morgan fingerprint density at radius 2 is 2.05 bits per heavy atom. The normalized spacial score (nSPS) is 12.6. The van der Waals surface area contributed by atoms with Crippen molar-refractivity contribution in [3.8, 4) is 0 Å². The Labute approximate surface area is 119 Å². The molecule has 0 saturated carbocycles. The second kappa shape index (κ2) is 6.78. The molecule has 0 fully saturated rings. The third-order valence-electron chi connectivity index (χ3n) is 3.23. The van der Waals surface area contributed by atoms with E-state index in [9.17, 15) is 0 Å². The Kier molecular flexibility index (Phi) is 5.05. The van der Waals surface area contributed by atoms with E-state index in [4.69, 9.17) is 0 Å². The van der Waals surface area contributed by atoms with Crippen LogP contribution in [-0.2, 0) is 13.5 Å². The van der Waals surface area contributed by atoms with Gasteiger partial charge in [-0.3, -0.25) is 4.68 Å². The smallest absolute Gasteiger partial charge is 0.0521 e. The van der Waals surface area contributed by atoms with Crippen molar-refractivity contribution in [2.24, 2.45) is 7.05 Å². The first-order valence-corrected chi connectivity index (χ1v) is 7.55. The minimum absolute atomic E-state index is 0.412. The molecule has 0 aliphatic heterocycles. The lowest BCUT2D eigenvalue weighted by molar-refractivity contribution is 0.652. The largest absolute Gasteiger partial charge is 0.313 e. The van der Waals surface area contributed by atoms with Crippen LogP contribution in [-0.4, -0.2) is 22.6 Å². The van der Waals surface area contributed by atoms with Crippen molar-refractivity contribution in [3.05, 3.63) is 47.8 Å². The lowest BCUT2D eigenvalue weighted by Gasteiger charge is -2.10. The summed E-state index contributed by atoms with van der Waals surface area (Å²) in [6.07, 6.45) is 5.09. The Morgan fingerprint density at radius 3 is 2.63 bits per heavy atom. The van der Waals surface area contributed by atoms with Crippen LogP contribution < -0.4 is 5.32 Å². The number of nitrogens with one attached hydrogen (secondary N) is 1. The molecule has 3 nitrogen and oxygen atoms in total. The number of benzene rings is 1. The van der Waals surface area contributed by atoms with Crippen LogP contribution in [0.5, 0.6) is 0 Å². The summed E-state index contributed by atoms with van der Waals surface area (Å²) in [4.78, 5) is 1.33. The van der Waals surface area contributed by atoms with Crippen molar-refractivity contribution in [3.63, 3.8) is 0 Å². The monoisotopic (exact) mass is 275 g/mol. The van der Waals surface area contributed by atoms with Crippen LogP contribution in [0, 0.1) is 0 Å². The highest BCUT2D eigenvalue weighted by Crippen LogP contribution is 2.21. The SMILES string of the molecule is CNC(C)c1ccc(SCCc2cnn(C)c2)cc1. The zero-order valence-electron chi connectivity index (χ0n) is 11.8. The second-order valence-electron chi connectivity index (χ2n) is 4.70. The van der Waals surface area contributed by atoms with E-state index >= 15 is 0 Å². The van der Waals surface area contributed by atoms with E-state index < -0.39 is 0 Å². The predicted octanol–water partition coefficient (Wildman–Crippen LogP) is 3.04. The second-order valence-corrected chi connectivity index (χ2v) is 5.87. The Hall–Kier alpha value is -1.26. The number of nitrogens with zero attached hydrogens (tertiary/aromatic N) is 2. The molecule has 1 aromatic carbocycles. The number of rotatable bonds is 6. The highest BCUT2D eigenvalue weighted by atomic mass is 32.2. The van der Waals surface area contributed by atoms with Crippen molar-refractivity contribution < 1.29 is 0 Å². The van der Waals surface area contributed by atoms with Gasteiger partial charge in [-0.15, -0.1) is 11.8 Å². The van der Waals surface area contributed by atoms with Gasteiger partial charge in [-0.1, -0.05) is 12.1 Å². The minimum Gasteiger partial charge on any atom is -0.313 e. The minimum atomic E-state index is 0.412. The maximum atomic E-state index is 4.18. The van der Waals surface area contributed by atoms with E-state index in [1.165, 1.54) is 16.0 Å². The third-order valence-corrected chi connectivity index (χ3v) is 4.24. The number of hydrogen-bond donors (Lipinski definition) is 1. The maximum Gasteiger partial charge on any atom is 0.0521 e. The van der Waals surface area contributed by atoms with Gasteiger partial charge in [-0.2, -0.15) is 5.10 Å². The van der Waals surface area contributed by atoms with E-state index in [-0.39, 0.29) is 0 Å². The molecule has 0 aliphatic carbocycles. The van der Waals surface area contributed by atoms with Gasteiger partial charge in [0.2, 0.25) is 0 Å². The molecule has 2 rings (SSSR count). The first-order chi connectivity index (χ1) is 9.19. The summed E-state index contributed by atoms with van der Waals surface area (Å²) in [5.41, 5.74) is 2.63. The molecule has 1 heterocycles. The molecule has 0 bridgehead atoms. The average molecular weight is 275 g/mol. The quantitative estimate of drug-likeness (QED) is 0.822. The molecule has 2 aromatic rings. The summed E-state index contributed by atoms with van der Waals surface area (Å²) in [5, 5.41) is 7.43. The molecule has 1 atom stereocenters. The van der Waals surface area contributed by atoms with Gasteiger partial charge in [0.25, 0.3) is 0 Å². The summed E-state index contributed by atoms with van der Waals surface area (Å²) in [5.74, 6) is 1.09. The fourth-order valence-corrected chi connectivity index (χ4v) is 2.81. The Balaban J connectivity index is 1.83. The average Bonchev–Trinajstić information content (AvgIpc) is 2.84. The first kappa shape index (κ1) is 14.2. The third kappa shape index (κ3) is 4.11.